The van der Waals surface area contributed by atoms with Gasteiger partial charge in [-0.15, -0.1) is 0 Å². The fraction of sp³-hybridized carbons (Fsp3) is 0.650. The molecule has 5 nitrogen and oxygen atoms in total. The molecule has 25 heavy (non-hydrogen) atoms. The average molecular weight is 345 g/mol. The Hall–Kier alpha value is -1.59. The monoisotopic (exact) mass is 345 g/mol. The van der Waals surface area contributed by atoms with Crippen LogP contribution in [0.5, 0.6) is 5.75 Å². The topological polar surface area (TPSA) is 67.6 Å². The molecule has 138 valence electrons. The molecule has 1 heterocycles. The molecule has 2 fully saturated rings. The van der Waals surface area contributed by atoms with Crippen LogP contribution in [0.25, 0.3) is 0 Å². The molecule has 2 aliphatic rings. The Morgan fingerprint density at radius 3 is 2.76 bits per heavy atom. The van der Waals surface area contributed by atoms with E-state index >= 15 is 0 Å². The number of carbonyl (C=O) groups is 1. The maximum Gasteiger partial charge on any atom is 0.224 e. The molecule has 1 aromatic rings. The Labute approximate surface area is 150 Å². The van der Waals surface area contributed by atoms with E-state index in [1.807, 2.05) is 25.1 Å². The summed E-state index contributed by atoms with van der Waals surface area (Å²) in [6.45, 7) is 6.11. The first-order valence-corrected chi connectivity index (χ1v) is 9.63. The number of nitrogens with two attached hydrogens (primary N) is 1. The lowest BCUT2D eigenvalue weighted by atomic mass is 10.00. The number of hydrogen-bond donors (Lipinski definition) is 2. The Balaban J connectivity index is 1.46. The SMILES string of the molecule is Cc1cc(NC(=O)C[C@@H]2CCC[C@H]2N)ccc1OCCN1CCCC1. The van der Waals surface area contributed by atoms with E-state index in [1.165, 1.54) is 25.9 Å². The number of nitrogens with one attached hydrogen (secondary N) is 1. The van der Waals surface area contributed by atoms with Crippen LogP contribution < -0.4 is 15.8 Å². The van der Waals surface area contributed by atoms with E-state index in [-0.39, 0.29) is 11.9 Å². The molecule has 1 aliphatic heterocycles. The average Bonchev–Trinajstić information content (AvgIpc) is 3.22. The number of aryl methyl sites for hydroxylation is 1. The van der Waals surface area contributed by atoms with E-state index < -0.39 is 0 Å². The summed E-state index contributed by atoms with van der Waals surface area (Å²) in [5, 5.41) is 3.00. The van der Waals surface area contributed by atoms with Gasteiger partial charge in [-0.05, 0) is 75.4 Å². The smallest absolute Gasteiger partial charge is 0.224 e. The second kappa shape index (κ2) is 8.68. The second-order valence-electron chi connectivity index (χ2n) is 7.48. The van der Waals surface area contributed by atoms with E-state index in [4.69, 9.17) is 10.5 Å². The molecule has 1 amide bonds. The summed E-state index contributed by atoms with van der Waals surface area (Å²) in [6.07, 6.45) is 6.38. The van der Waals surface area contributed by atoms with Gasteiger partial charge in [0.15, 0.2) is 0 Å². The molecule has 5 heteroatoms. The number of nitrogens with zero attached hydrogens (tertiary/aromatic N) is 1. The van der Waals surface area contributed by atoms with Crippen LogP contribution in [0.15, 0.2) is 18.2 Å². The number of hydrogen-bond acceptors (Lipinski definition) is 4. The summed E-state index contributed by atoms with van der Waals surface area (Å²) in [7, 11) is 0. The lowest BCUT2D eigenvalue weighted by molar-refractivity contribution is -0.117. The number of carbonyl (C=O) groups excluding carboxylic acids is 1. The fourth-order valence-electron chi connectivity index (χ4n) is 3.95. The van der Waals surface area contributed by atoms with Gasteiger partial charge in [-0.1, -0.05) is 6.42 Å². The fourth-order valence-corrected chi connectivity index (χ4v) is 3.95. The molecule has 3 rings (SSSR count). The van der Waals surface area contributed by atoms with E-state index in [9.17, 15) is 4.79 Å². The maximum absolute atomic E-state index is 12.2. The van der Waals surface area contributed by atoms with Crippen molar-refractivity contribution in [2.45, 2.75) is 51.5 Å². The number of likely N-dealkylation sites (tertiary alicyclic amines) is 1. The van der Waals surface area contributed by atoms with Crippen LogP contribution in [-0.4, -0.2) is 43.1 Å². The number of ether oxygens (including phenoxy) is 1. The summed E-state index contributed by atoms with van der Waals surface area (Å²) in [5.41, 5.74) is 7.94. The minimum Gasteiger partial charge on any atom is -0.492 e. The highest BCUT2D eigenvalue weighted by atomic mass is 16.5. The van der Waals surface area contributed by atoms with Gasteiger partial charge in [0.1, 0.15) is 12.4 Å². The minimum absolute atomic E-state index is 0.0597. The summed E-state index contributed by atoms with van der Waals surface area (Å²) >= 11 is 0. The second-order valence-corrected chi connectivity index (χ2v) is 7.48. The van der Waals surface area contributed by atoms with Crippen LogP contribution in [0.1, 0.15) is 44.1 Å². The Morgan fingerprint density at radius 1 is 1.28 bits per heavy atom. The van der Waals surface area contributed by atoms with Crippen LogP contribution in [0.3, 0.4) is 0 Å². The van der Waals surface area contributed by atoms with Gasteiger partial charge in [0.05, 0.1) is 0 Å². The van der Waals surface area contributed by atoms with Crippen molar-refractivity contribution >= 4 is 11.6 Å². The van der Waals surface area contributed by atoms with Gasteiger partial charge in [0.2, 0.25) is 5.91 Å². The quantitative estimate of drug-likeness (QED) is 0.797. The standard InChI is InChI=1S/C20H31N3O2/c1-15-13-17(22-20(24)14-16-5-4-6-18(16)21)7-8-19(15)25-12-11-23-9-2-3-10-23/h7-8,13,16,18H,2-6,9-12,14,21H2,1H3,(H,22,24)/t16-,18+/m0/s1. The van der Waals surface area contributed by atoms with Crippen LogP contribution >= 0.6 is 0 Å². The van der Waals surface area contributed by atoms with Crippen molar-refractivity contribution in [1.29, 1.82) is 0 Å². The maximum atomic E-state index is 12.2. The van der Waals surface area contributed by atoms with Crippen molar-refractivity contribution in [2.75, 3.05) is 31.6 Å². The van der Waals surface area contributed by atoms with Crippen LogP contribution in [-0.2, 0) is 4.79 Å². The van der Waals surface area contributed by atoms with Crippen molar-refractivity contribution in [1.82, 2.24) is 4.90 Å². The molecule has 3 N–H and O–H groups in total. The largest absolute Gasteiger partial charge is 0.492 e. The van der Waals surface area contributed by atoms with Crippen LogP contribution in [0.4, 0.5) is 5.69 Å². The third kappa shape index (κ3) is 5.19. The van der Waals surface area contributed by atoms with Gasteiger partial charge in [-0.25, -0.2) is 0 Å². The van der Waals surface area contributed by atoms with Gasteiger partial charge in [0.25, 0.3) is 0 Å². The van der Waals surface area contributed by atoms with Gasteiger partial charge >= 0.3 is 0 Å². The zero-order chi connectivity index (χ0) is 17.6. The number of rotatable bonds is 7. The van der Waals surface area contributed by atoms with Crippen LogP contribution in [0, 0.1) is 12.8 Å². The molecule has 0 radical (unpaired) electrons. The minimum atomic E-state index is 0.0597. The van der Waals surface area contributed by atoms with Crippen LogP contribution in [0.2, 0.25) is 0 Å². The Bertz CT molecular complexity index is 584. The van der Waals surface area contributed by atoms with E-state index in [0.717, 1.165) is 42.8 Å². The van der Waals surface area contributed by atoms with Crippen molar-refractivity contribution in [2.24, 2.45) is 11.7 Å². The molecule has 1 aromatic carbocycles. The first-order chi connectivity index (χ1) is 12.1. The molecular weight excluding hydrogens is 314 g/mol. The van der Waals surface area contributed by atoms with Gasteiger partial charge in [-0.2, -0.15) is 0 Å². The highest BCUT2D eigenvalue weighted by Crippen LogP contribution is 2.28. The molecule has 1 saturated carbocycles. The van der Waals surface area contributed by atoms with Crippen molar-refractivity contribution in [3.8, 4) is 5.75 Å². The number of amides is 1. The van der Waals surface area contributed by atoms with Gasteiger partial charge in [0, 0.05) is 24.7 Å². The molecule has 2 atom stereocenters. The van der Waals surface area contributed by atoms with Crippen molar-refractivity contribution in [3.63, 3.8) is 0 Å². The predicted octanol–water partition coefficient (Wildman–Crippen LogP) is 2.93. The van der Waals surface area contributed by atoms with Crippen molar-refractivity contribution < 1.29 is 9.53 Å². The lowest BCUT2D eigenvalue weighted by Gasteiger charge is -2.17. The van der Waals surface area contributed by atoms with Gasteiger partial charge in [-0.3, -0.25) is 9.69 Å². The zero-order valence-corrected chi connectivity index (χ0v) is 15.3. The third-order valence-electron chi connectivity index (χ3n) is 5.49. The highest BCUT2D eigenvalue weighted by molar-refractivity contribution is 5.91. The van der Waals surface area contributed by atoms with Crippen molar-refractivity contribution in [3.05, 3.63) is 23.8 Å². The molecule has 0 spiro atoms. The Morgan fingerprint density at radius 2 is 2.08 bits per heavy atom. The molecule has 0 aromatic heterocycles. The lowest BCUT2D eigenvalue weighted by Crippen LogP contribution is -2.28. The zero-order valence-electron chi connectivity index (χ0n) is 15.3. The normalized spacial score (nSPS) is 23.8. The van der Waals surface area contributed by atoms with Gasteiger partial charge < -0.3 is 15.8 Å². The molecule has 0 unspecified atom stereocenters. The molecule has 1 aliphatic carbocycles. The number of anilines is 1. The first-order valence-electron chi connectivity index (χ1n) is 9.63. The predicted molar refractivity (Wildman–Crippen MR) is 101 cm³/mol. The molecular formula is C20H31N3O2. The molecule has 1 saturated heterocycles. The first kappa shape index (κ1) is 18.2. The third-order valence-corrected chi connectivity index (χ3v) is 5.49. The molecule has 0 bridgehead atoms. The summed E-state index contributed by atoms with van der Waals surface area (Å²) in [6, 6.07) is 6.04. The Kier molecular flexibility index (Phi) is 6.32. The van der Waals surface area contributed by atoms with E-state index in [0.29, 0.717) is 18.9 Å². The van der Waals surface area contributed by atoms with E-state index in [2.05, 4.69) is 10.2 Å². The summed E-state index contributed by atoms with van der Waals surface area (Å²) in [4.78, 5) is 14.7. The van der Waals surface area contributed by atoms with E-state index in [1.54, 1.807) is 0 Å². The summed E-state index contributed by atoms with van der Waals surface area (Å²) in [5.74, 6) is 1.29. The highest BCUT2D eigenvalue weighted by Gasteiger charge is 2.26. The summed E-state index contributed by atoms with van der Waals surface area (Å²) < 4.78 is 5.91. The number of benzene rings is 1.